The van der Waals surface area contributed by atoms with Crippen LogP contribution in [0.15, 0.2) is 30.3 Å². The largest absolute Gasteiger partial charge is 0.338 e. The Balaban J connectivity index is 1.49. The van der Waals surface area contributed by atoms with Crippen molar-refractivity contribution in [3.05, 3.63) is 51.8 Å². The number of nitrogens with zero attached hydrogens (tertiary/aromatic N) is 3. The number of fused-ring (bicyclic) bond motifs is 3. The molecule has 0 radical (unpaired) electrons. The number of nitrogens with one attached hydrogen (secondary N) is 1. The van der Waals surface area contributed by atoms with Crippen LogP contribution in [-0.4, -0.2) is 45.0 Å². The zero-order valence-corrected chi connectivity index (χ0v) is 15.7. The lowest BCUT2D eigenvalue weighted by Gasteiger charge is -2.23. The summed E-state index contributed by atoms with van der Waals surface area (Å²) in [6.07, 6.45) is 1.97. The molecule has 1 N–H and O–H groups in total. The van der Waals surface area contributed by atoms with Gasteiger partial charge in [0.15, 0.2) is 0 Å². The van der Waals surface area contributed by atoms with E-state index >= 15 is 0 Å². The number of hydrogen-bond acceptors (Lipinski definition) is 3. The third-order valence-corrected chi connectivity index (χ3v) is 6.02. The number of benzene rings is 2. The number of carbonyl (C=O) groups is 1. The van der Waals surface area contributed by atoms with E-state index in [1.807, 2.05) is 5.01 Å². The summed E-state index contributed by atoms with van der Waals surface area (Å²) in [4.78, 5) is 20.2. The van der Waals surface area contributed by atoms with Gasteiger partial charge in [0.2, 0.25) is 0 Å². The highest BCUT2D eigenvalue weighted by Crippen LogP contribution is 2.32. The van der Waals surface area contributed by atoms with Gasteiger partial charge >= 0.3 is 0 Å². The minimum atomic E-state index is -0.501. The Morgan fingerprint density at radius 3 is 2.56 bits per heavy atom. The zero-order valence-electron chi connectivity index (χ0n) is 14.2. The number of carbonyl (C=O) groups excluding carboxylic acids is 1. The Kier molecular flexibility index (Phi) is 3.89. The van der Waals surface area contributed by atoms with Gasteiger partial charge in [-0.1, -0.05) is 23.2 Å². The average molecular weight is 405 g/mol. The highest BCUT2D eigenvalue weighted by molar-refractivity contribution is 6.42. The van der Waals surface area contributed by atoms with Crippen LogP contribution < -0.4 is 0 Å². The van der Waals surface area contributed by atoms with Gasteiger partial charge in [-0.3, -0.25) is 9.80 Å². The number of H-pyrrole nitrogens is 1. The van der Waals surface area contributed by atoms with Crippen molar-refractivity contribution >= 4 is 40.1 Å². The highest BCUT2D eigenvalue weighted by atomic mass is 35.5. The SMILES string of the molecule is O=C(c1ccc(-c2nc3cc(Cl)c(Cl)cc3[nH]2)c(F)c1)N1C2CCN1CC2. The standard InChI is InChI=1S/C19H15Cl2FN4O/c20-13-8-16-17(9-14(13)21)24-18(23-16)12-2-1-10(7-15(12)22)19(27)26-11-3-5-25(26)6-4-11/h1-2,7-9,11H,3-6H2,(H,23,24). The molecule has 0 unspecified atom stereocenters. The van der Waals surface area contributed by atoms with Crippen LogP contribution in [0.25, 0.3) is 22.4 Å². The molecule has 138 valence electrons. The van der Waals surface area contributed by atoms with Gasteiger partial charge in [0.25, 0.3) is 5.91 Å². The maximum absolute atomic E-state index is 14.8. The van der Waals surface area contributed by atoms with Crippen LogP contribution in [0.2, 0.25) is 10.0 Å². The Morgan fingerprint density at radius 2 is 1.89 bits per heavy atom. The van der Waals surface area contributed by atoms with Gasteiger partial charge in [-0.2, -0.15) is 0 Å². The van der Waals surface area contributed by atoms with E-state index in [-0.39, 0.29) is 11.9 Å². The summed E-state index contributed by atoms with van der Waals surface area (Å²) in [6, 6.07) is 8.04. The second kappa shape index (κ2) is 6.19. The summed E-state index contributed by atoms with van der Waals surface area (Å²) >= 11 is 12.0. The molecule has 3 heterocycles. The van der Waals surface area contributed by atoms with E-state index in [1.54, 1.807) is 29.3 Å². The molecule has 0 atom stereocenters. The number of rotatable bonds is 2. The number of amides is 1. The number of piperidine rings is 1. The second-order valence-electron chi connectivity index (χ2n) is 6.90. The van der Waals surface area contributed by atoms with Crippen molar-refractivity contribution < 1.29 is 9.18 Å². The zero-order chi connectivity index (χ0) is 18.7. The molecule has 2 bridgehead atoms. The van der Waals surface area contributed by atoms with E-state index in [1.165, 1.54) is 6.07 Å². The van der Waals surface area contributed by atoms with E-state index in [2.05, 4.69) is 9.97 Å². The van der Waals surface area contributed by atoms with Gasteiger partial charge in [0, 0.05) is 18.7 Å². The molecule has 0 spiro atoms. The molecule has 2 fully saturated rings. The topological polar surface area (TPSA) is 52.2 Å². The summed E-state index contributed by atoms with van der Waals surface area (Å²) in [6.45, 7) is 1.78. The molecule has 8 heteroatoms. The van der Waals surface area contributed by atoms with Crippen LogP contribution in [0.3, 0.4) is 0 Å². The summed E-state index contributed by atoms with van der Waals surface area (Å²) < 4.78 is 14.8. The Morgan fingerprint density at radius 1 is 1.15 bits per heavy atom. The molecule has 5 rings (SSSR count). The minimum absolute atomic E-state index is 0.149. The number of aromatic nitrogens is 2. The molecule has 27 heavy (non-hydrogen) atoms. The van der Waals surface area contributed by atoms with Gasteiger partial charge in [0.1, 0.15) is 11.6 Å². The quantitative estimate of drug-likeness (QED) is 0.683. The molecule has 2 aromatic carbocycles. The first-order chi connectivity index (χ1) is 13.0. The van der Waals surface area contributed by atoms with Crippen molar-refractivity contribution in [1.29, 1.82) is 0 Å². The first-order valence-corrected chi connectivity index (χ1v) is 9.50. The fraction of sp³-hybridized carbons (Fsp3) is 0.263. The van der Waals surface area contributed by atoms with Crippen molar-refractivity contribution in [3.8, 4) is 11.4 Å². The van der Waals surface area contributed by atoms with E-state index in [4.69, 9.17) is 23.2 Å². The van der Waals surface area contributed by atoms with E-state index < -0.39 is 5.82 Å². The molecule has 0 saturated carbocycles. The number of halogens is 3. The molecule has 3 aromatic rings. The van der Waals surface area contributed by atoms with E-state index in [9.17, 15) is 9.18 Å². The molecule has 1 amide bonds. The number of hydrazine groups is 1. The smallest absolute Gasteiger partial charge is 0.268 e. The van der Waals surface area contributed by atoms with Crippen molar-refractivity contribution in [3.63, 3.8) is 0 Å². The van der Waals surface area contributed by atoms with E-state index in [0.717, 1.165) is 25.9 Å². The fourth-order valence-electron chi connectivity index (χ4n) is 3.94. The maximum Gasteiger partial charge on any atom is 0.268 e. The van der Waals surface area contributed by atoms with Gasteiger partial charge in [-0.25, -0.2) is 14.4 Å². The molecule has 5 nitrogen and oxygen atoms in total. The Hall–Kier alpha value is -2.15. The predicted molar refractivity (Wildman–Crippen MR) is 102 cm³/mol. The molecule has 2 aliphatic rings. The van der Waals surface area contributed by atoms with E-state index in [0.29, 0.717) is 38.0 Å². The lowest BCUT2D eigenvalue weighted by Crippen LogP contribution is -2.38. The maximum atomic E-state index is 14.8. The molecule has 1 aromatic heterocycles. The fourth-order valence-corrected chi connectivity index (χ4v) is 4.26. The molecular weight excluding hydrogens is 390 g/mol. The van der Waals surface area contributed by atoms with Crippen LogP contribution in [-0.2, 0) is 0 Å². The molecule has 0 aliphatic carbocycles. The second-order valence-corrected chi connectivity index (χ2v) is 7.71. The number of aromatic amines is 1. The van der Waals surface area contributed by atoms with Crippen molar-refractivity contribution in [2.45, 2.75) is 18.9 Å². The minimum Gasteiger partial charge on any atom is -0.338 e. The predicted octanol–water partition coefficient (Wildman–Crippen LogP) is 4.51. The van der Waals surface area contributed by atoms with Crippen LogP contribution in [0.4, 0.5) is 4.39 Å². The molecular formula is C19H15Cl2FN4O. The van der Waals surface area contributed by atoms with Crippen LogP contribution in [0.1, 0.15) is 23.2 Å². The molecule has 2 saturated heterocycles. The van der Waals surface area contributed by atoms with Crippen molar-refractivity contribution in [2.24, 2.45) is 0 Å². The summed E-state index contributed by atoms with van der Waals surface area (Å²) in [5.74, 6) is -0.285. The first kappa shape index (κ1) is 17.0. The summed E-state index contributed by atoms with van der Waals surface area (Å²) in [5.41, 5.74) is 1.90. The summed E-state index contributed by atoms with van der Waals surface area (Å²) in [7, 11) is 0. The van der Waals surface area contributed by atoms with Crippen LogP contribution in [0.5, 0.6) is 0 Å². The monoisotopic (exact) mass is 404 g/mol. The Bertz CT molecular complexity index is 1020. The van der Waals surface area contributed by atoms with Crippen LogP contribution >= 0.6 is 23.2 Å². The van der Waals surface area contributed by atoms with Crippen LogP contribution in [0, 0.1) is 5.82 Å². The average Bonchev–Trinajstić information content (AvgIpc) is 3.35. The number of imidazole rings is 1. The normalized spacial score (nSPS) is 21.4. The van der Waals surface area contributed by atoms with Gasteiger partial charge in [0.05, 0.1) is 32.7 Å². The number of hydrogen-bond donors (Lipinski definition) is 1. The first-order valence-electron chi connectivity index (χ1n) is 8.74. The van der Waals surface area contributed by atoms with Gasteiger partial charge in [-0.15, -0.1) is 0 Å². The third kappa shape index (κ3) is 2.71. The highest BCUT2D eigenvalue weighted by Gasteiger charge is 2.41. The van der Waals surface area contributed by atoms with Crippen molar-refractivity contribution in [2.75, 3.05) is 13.1 Å². The lowest BCUT2D eigenvalue weighted by atomic mass is 10.1. The summed E-state index contributed by atoms with van der Waals surface area (Å²) in [5, 5.41) is 4.61. The molecule has 2 aliphatic heterocycles. The Labute approximate surface area is 164 Å². The third-order valence-electron chi connectivity index (χ3n) is 5.29. The van der Waals surface area contributed by atoms with Gasteiger partial charge in [-0.05, 0) is 43.2 Å². The lowest BCUT2D eigenvalue weighted by molar-refractivity contribution is 0.0334. The van der Waals surface area contributed by atoms with Gasteiger partial charge < -0.3 is 4.98 Å². The van der Waals surface area contributed by atoms with Crippen molar-refractivity contribution in [1.82, 2.24) is 20.0 Å².